The average molecular weight is 278 g/mol. The predicted octanol–water partition coefficient (Wildman–Crippen LogP) is 3.25. The van der Waals surface area contributed by atoms with Gasteiger partial charge in [-0.2, -0.15) is 5.10 Å². The Morgan fingerprint density at radius 1 is 1.37 bits per heavy atom. The Kier molecular flexibility index (Phi) is 3.11. The molecule has 1 aromatic heterocycles. The van der Waals surface area contributed by atoms with Crippen molar-refractivity contribution in [2.75, 3.05) is 5.73 Å². The quantitative estimate of drug-likeness (QED) is 0.937. The van der Waals surface area contributed by atoms with Crippen LogP contribution in [0.5, 0.6) is 5.75 Å². The number of halogens is 1. The Morgan fingerprint density at radius 3 is 2.68 bits per heavy atom. The average Bonchev–Trinajstić information content (AvgIpc) is 2.66. The monoisotopic (exact) mass is 277 g/mol. The highest BCUT2D eigenvalue weighted by Gasteiger charge is 2.20. The molecule has 1 aliphatic carbocycles. The van der Waals surface area contributed by atoms with Crippen LogP contribution in [-0.2, 0) is 7.05 Å². The van der Waals surface area contributed by atoms with E-state index < -0.39 is 0 Å². The maximum Gasteiger partial charge on any atom is 0.138 e. The van der Waals surface area contributed by atoms with Crippen molar-refractivity contribution >= 4 is 17.4 Å². The van der Waals surface area contributed by atoms with Gasteiger partial charge in [0, 0.05) is 18.7 Å². The third-order valence-corrected chi connectivity index (χ3v) is 3.78. The van der Waals surface area contributed by atoms with Crippen LogP contribution in [0.2, 0.25) is 5.02 Å². The molecule has 2 aromatic rings. The van der Waals surface area contributed by atoms with Gasteiger partial charge in [-0.05, 0) is 37.5 Å². The minimum Gasteiger partial charge on any atom is -0.489 e. The van der Waals surface area contributed by atoms with E-state index in [1.54, 1.807) is 4.68 Å². The molecule has 1 heterocycles. The number of hydrogen-bond donors (Lipinski definition) is 1. The lowest BCUT2D eigenvalue weighted by atomic mass is 9.96. The number of nitrogens with zero attached hydrogens (tertiary/aromatic N) is 2. The fraction of sp³-hybridized carbons (Fsp3) is 0.357. The van der Waals surface area contributed by atoms with Gasteiger partial charge >= 0.3 is 0 Å². The molecular formula is C14H16ClN3O. The van der Waals surface area contributed by atoms with Crippen LogP contribution in [0.3, 0.4) is 0 Å². The highest BCUT2D eigenvalue weighted by Crippen LogP contribution is 2.33. The molecule has 2 N–H and O–H groups in total. The number of ether oxygens (including phenoxy) is 1. The third-order valence-electron chi connectivity index (χ3n) is 3.49. The Labute approximate surface area is 117 Å². The Morgan fingerprint density at radius 2 is 2.16 bits per heavy atom. The smallest absolute Gasteiger partial charge is 0.138 e. The summed E-state index contributed by atoms with van der Waals surface area (Å²) in [4.78, 5) is 0. The van der Waals surface area contributed by atoms with Crippen LogP contribution in [0.1, 0.15) is 19.3 Å². The van der Waals surface area contributed by atoms with Gasteiger partial charge in [0.2, 0.25) is 0 Å². The first-order valence-corrected chi connectivity index (χ1v) is 6.77. The molecule has 0 saturated heterocycles. The first kappa shape index (κ1) is 12.4. The number of aryl methyl sites for hydroxylation is 1. The number of hydrogen-bond acceptors (Lipinski definition) is 3. The van der Waals surface area contributed by atoms with E-state index in [-0.39, 0.29) is 0 Å². The van der Waals surface area contributed by atoms with Crippen LogP contribution in [-0.4, -0.2) is 15.9 Å². The molecule has 0 radical (unpaired) electrons. The molecule has 0 spiro atoms. The lowest BCUT2D eigenvalue weighted by molar-refractivity contribution is 0.120. The molecular weight excluding hydrogens is 262 g/mol. The molecule has 100 valence electrons. The number of aromatic nitrogens is 2. The van der Waals surface area contributed by atoms with Crippen molar-refractivity contribution in [3.63, 3.8) is 0 Å². The summed E-state index contributed by atoms with van der Waals surface area (Å²) < 4.78 is 7.46. The van der Waals surface area contributed by atoms with Crippen molar-refractivity contribution in [1.82, 2.24) is 9.78 Å². The van der Waals surface area contributed by atoms with Gasteiger partial charge in [0.1, 0.15) is 11.6 Å². The van der Waals surface area contributed by atoms with Gasteiger partial charge in [-0.1, -0.05) is 11.6 Å². The minimum atomic E-state index is 0.328. The Hall–Kier alpha value is -1.68. The van der Waals surface area contributed by atoms with Gasteiger partial charge in [-0.3, -0.25) is 4.68 Å². The first-order valence-electron chi connectivity index (χ1n) is 6.39. The van der Waals surface area contributed by atoms with Crippen molar-refractivity contribution < 1.29 is 4.74 Å². The van der Waals surface area contributed by atoms with Crippen LogP contribution >= 0.6 is 11.6 Å². The van der Waals surface area contributed by atoms with E-state index in [1.165, 1.54) is 6.42 Å². The van der Waals surface area contributed by atoms with Gasteiger partial charge in [0.05, 0.1) is 16.8 Å². The van der Waals surface area contributed by atoms with Gasteiger partial charge < -0.3 is 10.5 Å². The zero-order valence-corrected chi connectivity index (χ0v) is 11.5. The lowest BCUT2D eigenvalue weighted by Crippen LogP contribution is -2.24. The maximum atomic E-state index is 6.26. The van der Waals surface area contributed by atoms with Crippen molar-refractivity contribution in [2.24, 2.45) is 7.05 Å². The zero-order chi connectivity index (χ0) is 13.4. The minimum absolute atomic E-state index is 0.328. The second-order valence-electron chi connectivity index (χ2n) is 4.89. The Bertz CT molecular complexity index is 585. The first-order chi connectivity index (χ1) is 9.13. The van der Waals surface area contributed by atoms with E-state index in [0.717, 1.165) is 29.8 Å². The normalized spacial score (nSPS) is 15.3. The molecule has 3 rings (SSSR count). The van der Waals surface area contributed by atoms with E-state index in [0.29, 0.717) is 16.9 Å². The predicted molar refractivity (Wildman–Crippen MR) is 76.3 cm³/mol. The van der Waals surface area contributed by atoms with Gasteiger partial charge in [-0.25, -0.2) is 0 Å². The number of nitrogen functional groups attached to an aromatic ring is 1. The fourth-order valence-corrected chi connectivity index (χ4v) is 2.27. The van der Waals surface area contributed by atoms with Crippen LogP contribution in [0, 0.1) is 0 Å². The lowest BCUT2D eigenvalue weighted by Gasteiger charge is -2.26. The highest BCUT2D eigenvalue weighted by molar-refractivity contribution is 6.32. The molecule has 1 fully saturated rings. The second-order valence-corrected chi connectivity index (χ2v) is 5.30. The Balaban J connectivity index is 1.85. The summed E-state index contributed by atoms with van der Waals surface area (Å²) in [7, 11) is 1.81. The molecule has 0 unspecified atom stereocenters. The molecule has 1 aliphatic rings. The van der Waals surface area contributed by atoms with Crippen LogP contribution in [0.4, 0.5) is 5.82 Å². The van der Waals surface area contributed by atoms with Crippen LogP contribution in [0.15, 0.2) is 24.3 Å². The zero-order valence-electron chi connectivity index (χ0n) is 10.8. The molecule has 0 bridgehead atoms. The van der Waals surface area contributed by atoms with Crippen molar-refractivity contribution in [3.05, 3.63) is 29.3 Å². The van der Waals surface area contributed by atoms with E-state index in [4.69, 9.17) is 22.1 Å². The van der Waals surface area contributed by atoms with Gasteiger partial charge in [0.15, 0.2) is 0 Å². The number of nitrogens with two attached hydrogens (primary N) is 1. The summed E-state index contributed by atoms with van der Waals surface area (Å²) >= 11 is 6.26. The molecule has 5 heteroatoms. The number of anilines is 1. The van der Waals surface area contributed by atoms with Crippen molar-refractivity contribution in [1.29, 1.82) is 0 Å². The van der Waals surface area contributed by atoms with Gasteiger partial charge in [-0.15, -0.1) is 0 Å². The van der Waals surface area contributed by atoms with Crippen molar-refractivity contribution in [3.8, 4) is 17.0 Å². The summed E-state index contributed by atoms with van der Waals surface area (Å²) in [5, 5.41) is 4.95. The number of rotatable bonds is 3. The largest absolute Gasteiger partial charge is 0.489 e. The molecule has 1 saturated carbocycles. The maximum absolute atomic E-state index is 6.26. The summed E-state index contributed by atoms with van der Waals surface area (Å²) in [6.45, 7) is 0. The molecule has 0 atom stereocenters. The molecule has 0 aliphatic heterocycles. The summed E-state index contributed by atoms with van der Waals surface area (Å²) in [5.74, 6) is 1.37. The molecule has 4 nitrogen and oxygen atoms in total. The third kappa shape index (κ3) is 2.40. The van der Waals surface area contributed by atoms with Crippen LogP contribution < -0.4 is 10.5 Å². The van der Waals surface area contributed by atoms with E-state index in [2.05, 4.69) is 5.10 Å². The molecule has 19 heavy (non-hydrogen) atoms. The molecule has 0 amide bonds. The number of benzene rings is 1. The van der Waals surface area contributed by atoms with E-state index >= 15 is 0 Å². The van der Waals surface area contributed by atoms with Gasteiger partial charge in [0.25, 0.3) is 0 Å². The van der Waals surface area contributed by atoms with E-state index in [1.807, 2.05) is 31.3 Å². The SMILES string of the molecule is Cn1nc(-c2ccc(OC3CCC3)c(Cl)c2)cc1N. The summed E-state index contributed by atoms with van der Waals surface area (Å²) in [6.07, 6.45) is 3.81. The van der Waals surface area contributed by atoms with Crippen molar-refractivity contribution in [2.45, 2.75) is 25.4 Å². The van der Waals surface area contributed by atoms with E-state index in [9.17, 15) is 0 Å². The highest BCUT2D eigenvalue weighted by atomic mass is 35.5. The topological polar surface area (TPSA) is 53.1 Å². The summed E-state index contributed by atoms with van der Waals surface area (Å²) in [6, 6.07) is 7.57. The second kappa shape index (κ2) is 4.78. The standard InChI is InChI=1S/C14H16ClN3O/c1-18-14(16)8-12(17-18)9-5-6-13(11(15)7-9)19-10-3-2-4-10/h5-8,10H,2-4,16H2,1H3. The molecule has 1 aromatic carbocycles. The van der Waals surface area contributed by atoms with Crippen LogP contribution in [0.25, 0.3) is 11.3 Å². The summed E-state index contributed by atoms with van der Waals surface area (Å²) in [5.41, 5.74) is 7.54. The fourth-order valence-electron chi connectivity index (χ4n) is 2.05.